The van der Waals surface area contributed by atoms with Crippen molar-refractivity contribution in [1.29, 1.82) is 0 Å². The van der Waals surface area contributed by atoms with E-state index in [0.717, 1.165) is 12.8 Å². The molecule has 5 heteroatoms. The van der Waals surface area contributed by atoms with Gasteiger partial charge in [-0.1, -0.05) is 6.92 Å². The fraction of sp³-hybridized carbons (Fsp3) is 0.733. The molecule has 1 aromatic rings. The number of hydrogen-bond donors (Lipinski definition) is 0. The van der Waals surface area contributed by atoms with E-state index >= 15 is 0 Å². The van der Waals surface area contributed by atoms with Crippen LogP contribution >= 0.6 is 0 Å². The van der Waals surface area contributed by atoms with E-state index in [4.69, 9.17) is 9.47 Å². The van der Waals surface area contributed by atoms with Crippen molar-refractivity contribution < 1.29 is 14.3 Å². The molecule has 1 heterocycles. The van der Waals surface area contributed by atoms with Crippen LogP contribution in [0.2, 0.25) is 0 Å². The average molecular weight is 282 g/mol. The second-order valence-electron chi connectivity index (χ2n) is 5.49. The molecule has 0 aliphatic carbocycles. The first-order valence-corrected chi connectivity index (χ1v) is 7.23. The third-order valence-corrected chi connectivity index (χ3v) is 3.38. The van der Waals surface area contributed by atoms with E-state index in [2.05, 4.69) is 16.5 Å². The van der Waals surface area contributed by atoms with Gasteiger partial charge in [-0.3, -0.25) is 4.79 Å². The lowest BCUT2D eigenvalue weighted by molar-refractivity contribution is -0.156. The molecule has 0 N–H and O–H groups in total. The second-order valence-corrected chi connectivity index (χ2v) is 5.49. The van der Waals surface area contributed by atoms with Gasteiger partial charge in [-0.05, 0) is 33.6 Å². The van der Waals surface area contributed by atoms with Crippen molar-refractivity contribution in [3.8, 4) is 0 Å². The van der Waals surface area contributed by atoms with Crippen molar-refractivity contribution in [1.82, 2.24) is 9.55 Å². The highest BCUT2D eigenvalue weighted by atomic mass is 16.6. The summed E-state index contributed by atoms with van der Waals surface area (Å²) in [5, 5.41) is 0. The molecule has 5 nitrogen and oxygen atoms in total. The molecule has 0 amide bonds. The molecule has 0 saturated heterocycles. The van der Waals surface area contributed by atoms with Crippen LogP contribution < -0.4 is 0 Å². The molecule has 1 aromatic heterocycles. The van der Waals surface area contributed by atoms with Gasteiger partial charge in [-0.25, -0.2) is 4.98 Å². The number of carbonyl (C=O) groups excluding carboxylic acids is 1. The molecule has 0 aliphatic rings. The van der Waals surface area contributed by atoms with E-state index in [-0.39, 0.29) is 12.0 Å². The largest absolute Gasteiger partial charge is 0.463 e. The Morgan fingerprint density at radius 3 is 2.65 bits per heavy atom. The van der Waals surface area contributed by atoms with Crippen molar-refractivity contribution in [2.24, 2.45) is 5.41 Å². The first kappa shape index (κ1) is 16.7. The number of rotatable bonds is 9. The Balaban J connectivity index is 2.52. The van der Waals surface area contributed by atoms with Crippen LogP contribution in [0.15, 0.2) is 18.7 Å². The Morgan fingerprint density at radius 2 is 2.10 bits per heavy atom. The van der Waals surface area contributed by atoms with E-state index < -0.39 is 5.41 Å². The van der Waals surface area contributed by atoms with Gasteiger partial charge in [0.05, 0.1) is 18.3 Å². The Bertz CT molecular complexity index is 388. The lowest BCUT2D eigenvalue weighted by Gasteiger charge is -2.28. The predicted molar refractivity (Wildman–Crippen MR) is 77.4 cm³/mol. The van der Waals surface area contributed by atoms with Crippen LogP contribution in [0.4, 0.5) is 0 Å². The topological polar surface area (TPSA) is 53.4 Å². The highest BCUT2D eigenvalue weighted by Crippen LogP contribution is 2.31. The maximum Gasteiger partial charge on any atom is 0.311 e. The second kappa shape index (κ2) is 8.04. The van der Waals surface area contributed by atoms with Gasteiger partial charge in [0.25, 0.3) is 0 Å². The zero-order chi connectivity index (χ0) is 15.0. The Labute approximate surface area is 121 Å². The van der Waals surface area contributed by atoms with Crippen LogP contribution in [0.5, 0.6) is 0 Å². The summed E-state index contributed by atoms with van der Waals surface area (Å²) < 4.78 is 12.5. The van der Waals surface area contributed by atoms with E-state index in [0.29, 0.717) is 19.8 Å². The third-order valence-electron chi connectivity index (χ3n) is 3.38. The molecule has 0 radical (unpaired) electrons. The summed E-state index contributed by atoms with van der Waals surface area (Å²) in [5.41, 5.74) is -0.517. The molecule has 0 aliphatic heterocycles. The molecule has 0 saturated carbocycles. The van der Waals surface area contributed by atoms with Crippen LogP contribution in [0, 0.1) is 5.41 Å². The van der Waals surface area contributed by atoms with Crippen molar-refractivity contribution in [3.05, 3.63) is 18.7 Å². The monoisotopic (exact) mass is 282 g/mol. The number of aromatic nitrogens is 2. The Kier molecular flexibility index (Phi) is 6.71. The number of nitrogens with zero attached hydrogens (tertiary/aromatic N) is 2. The fourth-order valence-corrected chi connectivity index (χ4v) is 2.15. The summed E-state index contributed by atoms with van der Waals surface area (Å²) in [5.74, 6) is -0.171. The van der Waals surface area contributed by atoms with Gasteiger partial charge in [0, 0.05) is 25.0 Å². The minimum absolute atomic E-state index is 0.171. The number of hydrogen-bond acceptors (Lipinski definition) is 4. The highest BCUT2D eigenvalue weighted by Gasteiger charge is 2.32. The van der Waals surface area contributed by atoms with E-state index in [1.54, 1.807) is 12.5 Å². The quantitative estimate of drug-likeness (QED) is 0.516. The van der Waals surface area contributed by atoms with Crippen LogP contribution in [0.1, 0.15) is 46.6 Å². The van der Waals surface area contributed by atoms with Gasteiger partial charge < -0.3 is 14.0 Å². The molecule has 0 fully saturated rings. The van der Waals surface area contributed by atoms with Crippen LogP contribution in [-0.4, -0.2) is 35.3 Å². The van der Waals surface area contributed by atoms with Gasteiger partial charge >= 0.3 is 5.97 Å². The SMILES string of the molecule is CCOCCOC(=O)C(C)(C)CC(CC)n1ccnc1. The van der Waals surface area contributed by atoms with Crippen molar-refractivity contribution in [2.75, 3.05) is 19.8 Å². The summed E-state index contributed by atoms with van der Waals surface area (Å²) >= 11 is 0. The van der Waals surface area contributed by atoms with Gasteiger partial charge in [0.1, 0.15) is 6.61 Å². The molecule has 0 spiro atoms. The maximum absolute atomic E-state index is 12.1. The van der Waals surface area contributed by atoms with Crippen molar-refractivity contribution in [2.45, 2.75) is 46.6 Å². The predicted octanol–water partition coefficient (Wildman–Crippen LogP) is 2.83. The van der Waals surface area contributed by atoms with Gasteiger partial charge in [0.15, 0.2) is 0 Å². The zero-order valence-electron chi connectivity index (χ0n) is 13.0. The lowest BCUT2D eigenvalue weighted by Crippen LogP contribution is -2.30. The van der Waals surface area contributed by atoms with Crippen LogP contribution in [0.3, 0.4) is 0 Å². The highest BCUT2D eigenvalue weighted by molar-refractivity contribution is 5.75. The summed E-state index contributed by atoms with van der Waals surface area (Å²) in [4.78, 5) is 16.2. The minimum Gasteiger partial charge on any atom is -0.463 e. The number of esters is 1. The summed E-state index contributed by atoms with van der Waals surface area (Å²) in [6.45, 7) is 9.30. The van der Waals surface area contributed by atoms with Gasteiger partial charge in [-0.15, -0.1) is 0 Å². The zero-order valence-corrected chi connectivity index (χ0v) is 13.0. The normalized spacial score (nSPS) is 13.2. The molecule has 1 rings (SSSR count). The average Bonchev–Trinajstić information content (AvgIpc) is 2.94. The summed E-state index contributed by atoms with van der Waals surface area (Å²) in [7, 11) is 0. The Hall–Kier alpha value is -1.36. The summed E-state index contributed by atoms with van der Waals surface area (Å²) in [6, 6.07) is 0.256. The maximum atomic E-state index is 12.1. The molecular weight excluding hydrogens is 256 g/mol. The molecule has 20 heavy (non-hydrogen) atoms. The van der Waals surface area contributed by atoms with Gasteiger partial charge in [0.2, 0.25) is 0 Å². The van der Waals surface area contributed by atoms with Crippen LogP contribution in [-0.2, 0) is 14.3 Å². The lowest BCUT2D eigenvalue weighted by atomic mass is 9.85. The molecule has 1 atom stereocenters. The first-order valence-electron chi connectivity index (χ1n) is 7.23. The molecule has 1 unspecified atom stereocenters. The molecule has 0 aromatic carbocycles. The molecule has 114 valence electrons. The third kappa shape index (κ3) is 4.96. The smallest absolute Gasteiger partial charge is 0.311 e. The minimum atomic E-state index is -0.517. The van der Waals surface area contributed by atoms with Gasteiger partial charge in [-0.2, -0.15) is 0 Å². The van der Waals surface area contributed by atoms with Crippen LogP contribution in [0.25, 0.3) is 0 Å². The molecular formula is C15H26N2O3. The number of ether oxygens (including phenoxy) is 2. The van der Waals surface area contributed by atoms with E-state index in [9.17, 15) is 4.79 Å². The number of imidazole rings is 1. The van der Waals surface area contributed by atoms with Crippen molar-refractivity contribution in [3.63, 3.8) is 0 Å². The Morgan fingerprint density at radius 1 is 1.35 bits per heavy atom. The fourth-order valence-electron chi connectivity index (χ4n) is 2.15. The number of carbonyl (C=O) groups is 1. The van der Waals surface area contributed by atoms with E-state index in [1.807, 2.05) is 27.0 Å². The van der Waals surface area contributed by atoms with E-state index in [1.165, 1.54) is 0 Å². The first-order chi connectivity index (χ1) is 9.51. The summed E-state index contributed by atoms with van der Waals surface area (Å²) in [6.07, 6.45) is 7.17. The standard InChI is InChI=1S/C15H26N2O3/c1-5-13(17-8-7-16-12-17)11-15(3,4)14(18)20-10-9-19-6-2/h7-8,12-13H,5-6,9-11H2,1-4H3. The molecule has 0 bridgehead atoms. The van der Waals surface area contributed by atoms with Crippen molar-refractivity contribution >= 4 is 5.97 Å².